The molecule has 0 unspecified atom stereocenters. The largest absolute Gasteiger partial charge is 0.384 e. The van der Waals surface area contributed by atoms with Crippen LogP contribution >= 0.6 is 0 Å². The first-order valence-corrected chi connectivity index (χ1v) is 10.4. The molecule has 0 amide bonds. The first-order valence-electron chi connectivity index (χ1n) is 10.4. The number of hydrogen-bond acceptors (Lipinski definition) is 4. The van der Waals surface area contributed by atoms with Crippen molar-refractivity contribution in [1.29, 1.82) is 0 Å². The van der Waals surface area contributed by atoms with Gasteiger partial charge >= 0.3 is 5.69 Å². The third-order valence-corrected chi connectivity index (χ3v) is 6.47. The maximum atomic E-state index is 13.4. The summed E-state index contributed by atoms with van der Waals surface area (Å²) >= 11 is 0. The monoisotopic (exact) mass is 421 g/mol. The third-order valence-electron chi connectivity index (χ3n) is 6.47. The molecule has 1 aliphatic rings. The number of aryl methyl sites for hydroxylation is 1. The molecule has 0 fully saturated rings. The zero-order valence-electron chi connectivity index (χ0n) is 17.5. The van der Waals surface area contributed by atoms with E-state index in [-0.39, 0.29) is 0 Å². The first-order chi connectivity index (χ1) is 15.5. The highest BCUT2D eigenvalue weighted by molar-refractivity contribution is 6.07. The number of benzene rings is 3. The van der Waals surface area contributed by atoms with Crippen molar-refractivity contribution in [3.05, 3.63) is 98.7 Å². The zero-order valence-corrected chi connectivity index (χ0v) is 17.5. The fourth-order valence-corrected chi connectivity index (χ4v) is 4.90. The van der Waals surface area contributed by atoms with Crippen LogP contribution in [0.5, 0.6) is 0 Å². The van der Waals surface area contributed by atoms with Crippen LogP contribution in [-0.2, 0) is 14.1 Å². The average molecular weight is 421 g/mol. The number of aromatic nitrogens is 3. The molecule has 0 saturated heterocycles. The maximum absolute atomic E-state index is 13.4. The molecule has 2 heterocycles. The normalized spacial score (nSPS) is 14.7. The van der Waals surface area contributed by atoms with Gasteiger partial charge in [0.25, 0.3) is 5.56 Å². The minimum atomic E-state index is -0.922. The Morgan fingerprint density at radius 1 is 0.844 bits per heavy atom. The molecular weight excluding hydrogens is 402 g/mol. The van der Waals surface area contributed by atoms with Crippen molar-refractivity contribution >= 4 is 21.8 Å². The second-order valence-corrected chi connectivity index (χ2v) is 8.17. The van der Waals surface area contributed by atoms with Crippen LogP contribution in [0.15, 0.2) is 76.3 Å². The van der Waals surface area contributed by atoms with E-state index < -0.39 is 17.4 Å². The van der Waals surface area contributed by atoms with Gasteiger partial charge in [-0.2, -0.15) is 0 Å². The van der Waals surface area contributed by atoms with Crippen LogP contribution < -0.4 is 11.2 Å². The fourth-order valence-electron chi connectivity index (χ4n) is 4.90. The molecule has 6 nitrogen and oxygen atoms in total. The van der Waals surface area contributed by atoms with E-state index >= 15 is 0 Å². The standard InChI is InChI=1S/C26H19N3O3/c1-28-24-21(25(31)29(2)26(28)32)19(16-13-7-9-14-8-3-4-10-15(14)16)20-22(27-24)17-11-5-6-12-18(17)23(20)30/h3-13,23,30H,1-2H3/t23-/m1/s1. The zero-order chi connectivity index (χ0) is 22.1. The molecule has 6 heteroatoms. The van der Waals surface area contributed by atoms with E-state index in [0.29, 0.717) is 27.9 Å². The third kappa shape index (κ3) is 2.30. The Labute approximate surface area is 182 Å². The fraction of sp³-hybridized carbons (Fsp3) is 0.115. The molecule has 5 aromatic rings. The van der Waals surface area contributed by atoms with Gasteiger partial charge < -0.3 is 5.11 Å². The first kappa shape index (κ1) is 18.7. The van der Waals surface area contributed by atoms with Gasteiger partial charge in [-0.05, 0) is 21.9 Å². The van der Waals surface area contributed by atoms with E-state index in [0.717, 1.165) is 32.0 Å². The van der Waals surface area contributed by atoms with Gasteiger partial charge in [0.15, 0.2) is 5.65 Å². The van der Waals surface area contributed by atoms with Gasteiger partial charge in [0, 0.05) is 30.8 Å². The minimum Gasteiger partial charge on any atom is -0.384 e. The lowest BCUT2D eigenvalue weighted by Crippen LogP contribution is -2.37. The van der Waals surface area contributed by atoms with Crippen LogP contribution in [0.4, 0.5) is 0 Å². The van der Waals surface area contributed by atoms with Gasteiger partial charge in [-0.25, -0.2) is 9.78 Å². The summed E-state index contributed by atoms with van der Waals surface area (Å²) in [5, 5.41) is 13.7. The Morgan fingerprint density at radius 2 is 1.53 bits per heavy atom. The number of hydrogen-bond donors (Lipinski definition) is 1. The van der Waals surface area contributed by atoms with Gasteiger partial charge in [0.05, 0.1) is 11.1 Å². The molecule has 0 bridgehead atoms. The molecule has 32 heavy (non-hydrogen) atoms. The van der Waals surface area contributed by atoms with E-state index in [1.54, 1.807) is 7.05 Å². The lowest BCUT2D eigenvalue weighted by molar-refractivity contribution is 0.225. The molecule has 1 atom stereocenters. The summed E-state index contributed by atoms with van der Waals surface area (Å²) in [7, 11) is 3.09. The predicted octanol–water partition coefficient (Wildman–Crippen LogP) is 3.51. The Kier molecular flexibility index (Phi) is 3.79. The van der Waals surface area contributed by atoms with E-state index in [1.807, 2.05) is 66.7 Å². The van der Waals surface area contributed by atoms with E-state index in [4.69, 9.17) is 4.98 Å². The Morgan fingerprint density at radius 3 is 2.38 bits per heavy atom. The van der Waals surface area contributed by atoms with Crippen LogP contribution in [0.1, 0.15) is 17.2 Å². The SMILES string of the molecule is Cn1c(=O)c2c(-c3cccc4ccccc34)c3c(nc2n(C)c1=O)-c1ccccc1[C@H]3O. The molecule has 156 valence electrons. The van der Waals surface area contributed by atoms with E-state index in [9.17, 15) is 14.7 Å². The number of rotatable bonds is 1. The molecule has 0 saturated carbocycles. The topological polar surface area (TPSA) is 77.1 Å². The Hall–Kier alpha value is -4.03. The minimum absolute atomic E-state index is 0.309. The second kappa shape index (κ2) is 6.48. The summed E-state index contributed by atoms with van der Waals surface area (Å²) < 4.78 is 2.50. The van der Waals surface area contributed by atoms with Gasteiger partial charge in [0.1, 0.15) is 6.10 Å². The van der Waals surface area contributed by atoms with Crippen molar-refractivity contribution in [2.45, 2.75) is 6.10 Å². The van der Waals surface area contributed by atoms with Crippen molar-refractivity contribution in [2.24, 2.45) is 14.1 Å². The molecule has 0 radical (unpaired) electrons. The molecule has 0 spiro atoms. The van der Waals surface area contributed by atoms with Crippen molar-refractivity contribution in [2.75, 3.05) is 0 Å². The van der Waals surface area contributed by atoms with Crippen molar-refractivity contribution in [3.8, 4) is 22.4 Å². The van der Waals surface area contributed by atoms with Crippen LogP contribution in [0.3, 0.4) is 0 Å². The maximum Gasteiger partial charge on any atom is 0.332 e. The molecule has 1 N–H and O–H groups in total. The van der Waals surface area contributed by atoms with Gasteiger partial charge in [-0.1, -0.05) is 66.7 Å². The number of nitrogens with zero attached hydrogens (tertiary/aromatic N) is 3. The number of aliphatic hydroxyl groups is 1. The summed E-state index contributed by atoms with van der Waals surface area (Å²) in [4.78, 5) is 30.9. The van der Waals surface area contributed by atoms with Gasteiger partial charge in [-0.15, -0.1) is 0 Å². The summed E-state index contributed by atoms with van der Waals surface area (Å²) in [5.74, 6) is 0. The molecule has 2 aromatic heterocycles. The van der Waals surface area contributed by atoms with Crippen molar-refractivity contribution < 1.29 is 5.11 Å². The van der Waals surface area contributed by atoms with Gasteiger partial charge in [0.2, 0.25) is 0 Å². The number of pyridine rings is 1. The van der Waals surface area contributed by atoms with E-state index in [1.165, 1.54) is 11.6 Å². The summed E-state index contributed by atoms with van der Waals surface area (Å²) in [5.41, 5.74) is 3.66. The summed E-state index contributed by atoms with van der Waals surface area (Å²) in [6.45, 7) is 0. The smallest absolute Gasteiger partial charge is 0.332 e. The molecule has 3 aromatic carbocycles. The summed E-state index contributed by atoms with van der Waals surface area (Å²) in [6.07, 6.45) is -0.922. The Balaban J connectivity index is 1.91. The predicted molar refractivity (Wildman–Crippen MR) is 125 cm³/mol. The quantitative estimate of drug-likeness (QED) is 0.449. The highest BCUT2D eigenvalue weighted by Crippen LogP contribution is 2.49. The van der Waals surface area contributed by atoms with Crippen molar-refractivity contribution in [3.63, 3.8) is 0 Å². The lowest BCUT2D eigenvalue weighted by Gasteiger charge is -2.18. The van der Waals surface area contributed by atoms with Crippen molar-refractivity contribution in [1.82, 2.24) is 14.1 Å². The highest BCUT2D eigenvalue weighted by atomic mass is 16.3. The van der Waals surface area contributed by atoms with Gasteiger partial charge in [-0.3, -0.25) is 13.9 Å². The lowest BCUT2D eigenvalue weighted by atomic mass is 9.91. The molecule has 0 aliphatic heterocycles. The second-order valence-electron chi connectivity index (χ2n) is 8.17. The Bertz CT molecular complexity index is 1710. The molecular formula is C26H19N3O3. The molecule has 1 aliphatic carbocycles. The molecule has 6 rings (SSSR count). The number of aliphatic hydroxyl groups excluding tert-OH is 1. The highest BCUT2D eigenvalue weighted by Gasteiger charge is 2.34. The van der Waals surface area contributed by atoms with Crippen LogP contribution in [0, 0.1) is 0 Å². The van der Waals surface area contributed by atoms with Crippen LogP contribution in [0.2, 0.25) is 0 Å². The number of fused-ring (bicyclic) bond motifs is 5. The van der Waals surface area contributed by atoms with E-state index in [2.05, 4.69) is 0 Å². The average Bonchev–Trinajstić information content (AvgIpc) is 3.12. The summed E-state index contributed by atoms with van der Waals surface area (Å²) in [6, 6.07) is 21.4. The van der Waals surface area contributed by atoms with Crippen LogP contribution in [0.25, 0.3) is 44.2 Å². The van der Waals surface area contributed by atoms with Crippen LogP contribution in [-0.4, -0.2) is 19.2 Å².